The minimum absolute atomic E-state index is 0.177. The molecule has 0 radical (unpaired) electrons. The van der Waals surface area contributed by atoms with Gasteiger partial charge in [-0.05, 0) is 30.3 Å². The molecule has 0 saturated heterocycles. The van der Waals surface area contributed by atoms with Crippen molar-refractivity contribution in [2.45, 2.75) is 0 Å². The van der Waals surface area contributed by atoms with Crippen LogP contribution in [0, 0.1) is 11.3 Å². The molecule has 28 heavy (non-hydrogen) atoms. The highest BCUT2D eigenvalue weighted by Gasteiger charge is 2.36. The van der Waals surface area contributed by atoms with Gasteiger partial charge in [-0.2, -0.15) is 5.26 Å². The average Bonchev–Trinajstić information content (AvgIpc) is 2.92. The third kappa shape index (κ3) is 3.84. The van der Waals surface area contributed by atoms with Gasteiger partial charge in [-0.1, -0.05) is 23.7 Å². The van der Waals surface area contributed by atoms with Crippen molar-refractivity contribution in [3.8, 4) is 6.07 Å². The number of ether oxygens (including phenoxy) is 1. The van der Waals surface area contributed by atoms with E-state index in [1.54, 1.807) is 12.1 Å². The number of carbonyl (C=O) groups excluding carboxylic acids is 4. The molecule has 3 amide bonds. The minimum Gasteiger partial charge on any atom is -0.454 e. The molecule has 2 aromatic carbocycles. The fourth-order valence-corrected chi connectivity index (χ4v) is 2.78. The van der Waals surface area contributed by atoms with Crippen molar-refractivity contribution in [3.05, 3.63) is 64.2 Å². The molecule has 1 aliphatic rings. The first-order chi connectivity index (χ1) is 13.4. The van der Waals surface area contributed by atoms with Crippen LogP contribution in [-0.4, -0.2) is 41.7 Å². The van der Waals surface area contributed by atoms with Gasteiger partial charge in [0, 0.05) is 5.02 Å². The van der Waals surface area contributed by atoms with Crippen LogP contribution in [0.5, 0.6) is 0 Å². The summed E-state index contributed by atoms with van der Waals surface area (Å²) < 4.78 is 4.82. The highest BCUT2D eigenvalue weighted by Crippen LogP contribution is 2.22. The number of anilines is 1. The van der Waals surface area contributed by atoms with Crippen molar-refractivity contribution in [1.82, 2.24) is 4.90 Å². The first-order valence-corrected chi connectivity index (χ1v) is 8.39. The Kier molecular flexibility index (Phi) is 5.38. The normalized spacial score (nSPS) is 12.4. The molecular formula is C19H12ClN3O5. The molecule has 1 heterocycles. The summed E-state index contributed by atoms with van der Waals surface area (Å²) in [5.74, 6) is -2.81. The summed E-state index contributed by atoms with van der Waals surface area (Å²) in [7, 11) is 0. The highest BCUT2D eigenvalue weighted by molar-refractivity contribution is 6.31. The first kappa shape index (κ1) is 19.1. The van der Waals surface area contributed by atoms with Crippen LogP contribution in [0.2, 0.25) is 5.02 Å². The number of nitrogens with zero attached hydrogens (tertiary/aromatic N) is 2. The van der Waals surface area contributed by atoms with Gasteiger partial charge in [-0.3, -0.25) is 24.1 Å². The number of nitrogens with one attached hydrogen (secondary N) is 1. The van der Waals surface area contributed by atoms with Gasteiger partial charge in [-0.25, -0.2) is 0 Å². The lowest BCUT2D eigenvalue weighted by Crippen LogP contribution is -2.36. The molecule has 0 spiro atoms. The van der Waals surface area contributed by atoms with Gasteiger partial charge >= 0.3 is 5.97 Å². The zero-order chi connectivity index (χ0) is 20.3. The maximum atomic E-state index is 12.2. The van der Waals surface area contributed by atoms with Gasteiger partial charge in [0.1, 0.15) is 12.6 Å². The van der Waals surface area contributed by atoms with Crippen LogP contribution in [0.4, 0.5) is 5.69 Å². The standard InChI is InChI=1S/C19H12ClN3O5/c20-12-6-5-11(8-21)15(7-12)22-16(24)10-28-17(25)9-23-18(26)13-3-1-2-4-14(13)19(23)27/h1-7H,9-10H2,(H,22,24). The Hall–Kier alpha value is -3.70. The van der Waals surface area contributed by atoms with E-state index in [0.29, 0.717) is 5.02 Å². The first-order valence-electron chi connectivity index (χ1n) is 8.01. The SMILES string of the molecule is N#Cc1ccc(Cl)cc1NC(=O)COC(=O)CN1C(=O)c2ccccc2C1=O. The summed E-state index contributed by atoms with van der Waals surface area (Å²) in [6.45, 7) is -1.26. The van der Waals surface area contributed by atoms with Crippen LogP contribution in [0.15, 0.2) is 42.5 Å². The predicted molar refractivity (Wildman–Crippen MR) is 97.6 cm³/mol. The summed E-state index contributed by atoms with van der Waals surface area (Å²) in [4.78, 5) is 49.1. The number of esters is 1. The zero-order valence-electron chi connectivity index (χ0n) is 14.3. The quantitative estimate of drug-likeness (QED) is 0.609. The molecule has 1 aliphatic heterocycles. The summed E-state index contributed by atoms with van der Waals surface area (Å²) in [6, 6.07) is 12.4. The van der Waals surface area contributed by atoms with E-state index in [2.05, 4.69) is 5.32 Å². The Morgan fingerprint density at radius 1 is 1.11 bits per heavy atom. The van der Waals surface area contributed by atoms with Crippen molar-refractivity contribution in [2.24, 2.45) is 0 Å². The molecule has 1 N–H and O–H groups in total. The predicted octanol–water partition coefficient (Wildman–Crippen LogP) is 1.99. The maximum Gasteiger partial charge on any atom is 0.326 e. The summed E-state index contributed by atoms with van der Waals surface area (Å²) in [5, 5.41) is 11.8. The second-order valence-electron chi connectivity index (χ2n) is 5.75. The Balaban J connectivity index is 1.56. The number of halogens is 1. The van der Waals surface area contributed by atoms with Gasteiger partial charge in [0.25, 0.3) is 17.7 Å². The maximum absolute atomic E-state index is 12.2. The number of imide groups is 1. The fourth-order valence-electron chi connectivity index (χ4n) is 2.61. The molecule has 8 nitrogen and oxygen atoms in total. The lowest BCUT2D eigenvalue weighted by Gasteiger charge is -2.13. The largest absolute Gasteiger partial charge is 0.454 e. The molecule has 0 atom stereocenters. The van der Waals surface area contributed by atoms with Crippen molar-refractivity contribution in [3.63, 3.8) is 0 Å². The second-order valence-corrected chi connectivity index (χ2v) is 6.19. The van der Waals surface area contributed by atoms with Crippen LogP contribution >= 0.6 is 11.6 Å². The number of benzene rings is 2. The van der Waals surface area contributed by atoms with Crippen LogP contribution in [-0.2, 0) is 14.3 Å². The van der Waals surface area contributed by atoms with Gasteiger partial charge in [-0.15, -0.1) is 0 Å². The number of hydrogen-bond acceptors (Lipinski definition) is 6. The molecule has 0 unspecified atom stereocenters. The summed E-state index contributed by atoms with van der Waals surface area (Å²) in [5.41, 5.74) is 0.789. The van der Waals surface area contributed by atoms with Crippen molar-refractivity contribution < 1.29 is 23.9 Å². The lowest BCUT2D eigenvalue weighted by molar-refractivity contribution is -0.147. The summed E-state index contributed by atoms with van der Waals surface area (Å²) in [6.07, 6.45) is 0. The second kappa shape index (κ2) is 7.90. The molecule has 3 rings (SSSR count). The van der Waals surface area contributed by atoms with Gasteiger partial charge in [0.2, 0.25) is 0 Å². The van der Waals surface area contributed by atoms with Crippen LogP contribution in [0.1, 0.15) is 26.3 Å². The van der Waals surface area contributed by atoms with Crippen LogP contribution < -0.4 is 5.32 Å². The lowest BCUT2D eigenvalue weighted by atomic mass is 10.1. The van der Waals surface area contributed by atoms with Crippen molar-refractivity contribution >= 4 is 41.0 Å². The topological polar surface area (TPSA) is 117 Å². The molecule has 2 aromatic rings. The van der Waals surface area contributed by atoms with E-state index in [4.69, 9.17) is 21.6 Å². The Labute approximate surface area is 164 Å². The Morgan fingerprint density at radius 3 is 2.36 bits per heavy atom. The molecule has 140 valence electrons. The fraction of sp³-hybridized carbons (Fsp3) is 0.105. The molecule has 0 aromatic heterocycles. The third-order valence-electron chi connectivity index (χ3n) is 3.91. The number of carbonyl (C=O) groups is 4. The van der Waals surface area contributed by atoms with Crippen LogP contribution in [0.3, 0.4) is 0 Å². The van der Waals surface area contributed by atoms with Gasteiger partial charge in [0.15, 0.2) is 6.61 Å². The number of amides is 3. The van der Waals surface area contributed by atoms with Crippen molar-refractivity contribution in [2.75, 3.05) is 18.5 Å². The van der Waals surface area contributed by atoms with E-state index in [1.165, 1.54) is 30.3 Å². The van der Waals surface area contributed by atoms with E-state index < -0.39 is 36.8 Å². The number of rotatable bonds is 5. The van der Waals surface area contributed by atoms with Crippen LogP contribution in [0.25, 0.3) is 0 Å². The number of hydrogen-bond donors (Lipinski definition) is 1. The monoisotopic (exact) mass is 397 g/mol. The number of nitriles is 1. The molecular weight excluding hydrogens is 386 g/mol. The van der Waals surface area contributed by atoms with E-state index in [1.807, 2.05) is 6.07 Å². The Bertz CT molecular complexity index is 1010. The van der Waals surface area contributed by atoms with E-state index >= 15 is 0 Å². The highest BCUT2D eigenvalue weighted by atomic mass is 35.5. The van der Waals surface area contributed by atoms with E-state index in [0.717, 1.165) is 4.90 Å². The molecule has 0 bridgehead atoms. The average molecular weight is 398 g/mol. The zero-order valence-corrected chi connectivity index (χ0v) is 15.0. The van der Waals surface area contributed by atoms with E-state index in [-0.39, 0.29) is 22.4 Å². The third-order valence-corrected chi connectivity index (χ3v) is 4.14. The Morgan fingerprint density at radius 2 is 1.75 bits per heavy atom. The molecule has 0 aliphatic carbocycles. The van der Waals surface area contributed by atoms with E-state index in [9.17, 15) is 19.2 Å². The minimum atomic E-state index is -0.920. The smallest absolute Gasteiger partial charge is 0.326 e. The van der Waals surface area contributed by atoms with Crippen molar-refractivity contribution in [1.29, 1.82) is 5.26 Å². The molecule has 0 saturated carbocycles. The van der Waals surface area contributed by atoms with Gasteiger partial charge in [0.05, 0.1) is 22.4 Å². The number of fused-ring (bicyclic) bond motifs is 1. The molecule has 9 heteroatoms. The molecule has 0 fully saturated rings. The summed E-state index contributed by atoms with van der Waals surface area (Å²) >= 11 is 5.83. The van der Waals surface area contributed by atoms with Gasteiger partial charge < -0.3 is 10.1 Å².